The lowest BCUT2D eigenvalue weighted by Crippen LogP contribution is -2.46. The van der Waals surface area contributed by atoms with Crippen molar-refractivity contribution >= 4 is 75.6 Å². The molecule has 4 atom stereocenters. The van der Waals surface area contributed by atoms with Crippen LogP contribution in [-0.2, 0) is 9.53 Å². The molecule has 0 aromatic rings. The number of esters is 1. The minimum absolute atomic E-state index is 0.0286. The molecule has 3 rings (SSSR count). The van der Waals surface area contributed by atoms with Gasteiger partial charge in [-0.05, 0) is 0 Å². The number of halogens is 6. The molecule has 1 aliphatic heterocycles. The Hall–Kier alpha value is 0.950. The molecule has 2 fully saturated rings. The van der Waals surface area contributed by atoms with Gasteiger partial charge in [0.2, 0.25) is 0 Å². The van der Waals surface area contributed by atoms with E-state index in [0.29, 0.717) is 0 Å². The van der Waals surface area contributed by atoms with Crippen LogP contribution in [0.2, 0.25) is 0 Å². The van der Waals surface area contributed by atoms with Crippen molar-refractivity contribution < 1.29 is 9.53 Å². The van der Waals surface area contributed by atoms with E-state index in [1.54, 1.807) is 0 Å². The van der Waals surface area contributed by atoms with Crippen LogP contribution in [0.4, 0.5) is 0 Å². The second-order valence-electron chi connectivity index (χ2n) is 4.34. The first-order valence-corrected chi connectivity index (χ1v) is 6.96. The van der Waals surface area contributed by atoms with E-state index >= 15 is 0 Å². The third-order valence-corrected chi connectivity index (χ3v) is 8.05. The van der Waals surface area contributed by atoms with Gasteiger partial charge in [0.05, 0.1) is 22.6 Å². The Morgan fingerprint density at radius 1 is 1.06 bits per heavy atom. The molecule has 1 saturated carbocycles. The van der Waals surface area contributed by atoms with Crippen LogP contribution in [0, 0.1) is 11.8 Å². The molecule has 0 spiro atoms. The van der Waals surface area contributed by atoms with Gasteiger partial charge in [0, 0.05) is 5.92 Å². The third kappa shape index (κ3) is 1.05. The summed E-state index contributed by atoms with van der Waals surface area (Å²) in [5, 5.41) is 0.126. The molecular formula is C9H4Cl6O2. The minimum atomic E-state index is -1.65. The summed E-state index contributed by atoms with van der Waals surface area (Å²) in [4.78, 5) is 8.83. The van der Waals surface area contributed by atoms with Crippen LogP contribution in [0.1, 0.15) is 0 Å². The van der Waals surface area contributed by atoms with Gasteiger partial charge in [0.1, 0.15) is 9.75 Å². The molecule has 0 aromatic heterocycles. The number of rotatable bonds is 0. The van der Waals surface area contributed by atoms with Gasteiger partial charge in [0.25, 0.3) is 0 Å². The Morgan fingerprint density at radius 3 is 2.18 bits per heavy atom. The van der Waals surface area contributed by atoms with E-state index in [-0.39, 0.29) is 16.7 Å². The summed E-state index contributed by atoms with van der Waals surface area (Å²) in [6, 6.07) is 0. The van der Waals surface area contributed by atoms with E-state index in [1.807, 2.05) is 0 Å². The summed E-state index contributed by atoms with van der Waals surface area (Å²) >= 11 is 37.5. The largest absolute Gasteiger partial charge is 0.465 e. The highest BCUT2D eigenvalue weighted by Gasteiger charge is 2.85. The fourth-order valence-corrected chi connectivity index (χ4v) is 5.88. The van der Waals surface area contributed by atoms with Crippen molar-refractivity contribution in [2.24, 2.45) is 11.8 Å². The number of allylic oxidation sites excluding steroid dienone is 2. The predicted molar refractivity (Wildman–Crippen MR) is 68.3 cm³/mol. The summed E-state index contributed by atoms with van der Waals surface area (Å²) in [5.74, 6) is -1.74. The summed E-state index contributed by atoms with van der Waals surface area (Å²) in [6.07, 6.45) is 0. The van der Waals surface area contributed by atoms with Gasteiger partial charge < -0.3 is 4.74 Å². The van der Waals surface area contributed by atoms with Crippen molar-refractivity contribution in [3.63, 3.8) is 0 Å². The van der Waals surface area contributed by atoms with Crippen LogP contribution in [0.25, 0.3) is 0 Å². The average Bonchev–Trinajstić information content (AvgIpc) is 2.73. The first-order chi connectivity index (χ1) is 7.70. The van der Waals surface area contributed by atoms with Crippen molar-refractivity contribution in [1.82, 2.24) is 0 Å². The number of carbonyl (C=O) groups excluding carboxylic acids is 1. The van der Waals surface area contributed by atoms with Gasteiger partial charge in [-0.1, -0.05) is 46.4 Å². The van der Waals surface area contributed by atoms with Crippen LogP contribution < -0.4 is 0 Å². The number of ether oxygens (including phenoxy) is 1. The first kappa shape index (κ1) is 13.0. The molecule has 1 saturated heterocycles. The van der Waals surface area contributed by atoms with E-state index in [2.05, 4.69) is 0 Å². The maximum Gasteiger partial charge on any atom is 0.311 e. The molecule has 94 valence electrons. The molecule has 2 aliphatic carbocycles. The molecule has 4 unspecified atom stereocenters. The molecule has 2 bridgehead atoms. The molecule has 0 amide bonds. The lowest BCUT2D eigenvalue weighted by molar-refractivity contribution is -0.141. The van der Waals surface area contributed by atoms with E-state index < -0.39 is 31.9 Å². The first-order valence-electron chi connectivity index (χ1n) is 4.69. The fraction of sp³-hybridized carbons (Fsp3) is 0.667. The van der Waals surface area contributed by atoms with Crippen LogP contribution >= 0.6 is 69.6 Å². The average molecular weight is 357 g/mol. The van der Waals surface area contributed by atoms with Crippen LogP contribution in [0.3, 0.4) is 0 Å². The molecule has 2 nitrogen and oxygen atoms in total. The molecule has 17 heavy (non-hydrogen) atoms. The Kier molecular flexibility index (Phi) is 2.54. The molecule has 0 aromatic carbocycles. The lowest BCUT2D eigenvalue weighted by atomic mass is 9.84. The van der Waals surface area contributed by atoms with Crippen molar-refractivity contribution in [3.8, 4) is 0 Å². The number of hydrogen-bond donors (Lipinski definition) is 0. The zero-order valence-corrected chi connectivity index (χ0v) is 12.5. The molecule has 0 N–H and O–H groups in total. The van der Waals surface area contributed by atoms with E-state index in [0.717, 1.165) is 0 Å². The Morgan fingerprint density at radius 2 is 1.59 bits per heavy atom. The molecular weight excluding hydrogens is 353 g/mol. The quantitative estimate of drug-likeness (QED) is 0.489. The summed E-state index contributed by atoms with van der Waals surface area (Å²) < 4.78 is 3.31. The normalized spacial score (nSPS) is 50.8. The third-order valence-electron chi connectivity index (χ3n) is 3.75. The standard InChI is InChI=1S/C9H4Cl6O2/c10-4-5(11)8(13)3-2(1-17-6(3)16)7(4,12)9(8,14)15/h2-3H,1H2. The molecule has 1 heterocycles. The lowest BCUT2D eigenvalue weighted by Gasteiger charge is -2.33. The second kappa shape index (κ2) is 3.34. The number of alkyl halides is 4. The Labute approximate surface area is 127 Å². The topological polar surface area (TPSA) is 26.3 Å². The van der Waals surface area contributed by atoms with E-state index in [1.165, 1.54) is 0 Å². The van der Waals surface area contributed by atoms with Crippen molar-refractivity contribution in [2.75, 3.05) is 6.61 Å². The van der Waals surface area contributed by atoms with Crippen LogP contribution in [-0.4, -0.2) is 26.7 Å². The van der Waals surface area contributed by atoms with Gasteiger partial charge in [0.15, 0.2) is 4.33 Å². The van der Waals surface area contributed by atoms with Gasteiger partial charge in [-0.2, -0.15) is 0 Å². The highest BCUT2D eigenvalue weighted by molar-refractivity contribution is 6.66. The van der Waals surface area contributed by atoms with Gasteiger partial charge in [-0.25, -0.2) is 0 Å². The molecule has 8 heteroatoms. The van der Waals surface area contributed by atoms with Crippen molar-refractivity contribution in [2.45, 2.75) is 14.1 Å². The maximum absolute atomic E-state index is 11.7. The van der Waals surface area contributed by atoms with Gasteiger partial charge in [-0.3, -0.25) is 4.79 Å². The highest BCUT2D eigenvalue weighted by atomic mass is 35.5. The summed E-state index contributed by atoms with van der Waals surface area (Å²) in [5.41, 5.74) is 0. The zero-order chi connectivity index (χ0) is 12.8. The Balaban J connectivity index is 2.32. The Bertz CT molecular complexity index is 474. The summed E-state index contributed by atoms with van der Waals surface area (Å²) in [7, 11) is 0. The zero-order valence-electron chi connectivity index (χ0n) is 7.95. The molecule has 3 aliphatic rings. The van der Waals surface area contributed by atoms with Crippen LogP contribution in [0.5, 0.6) is 0 Å². The highest BCUT2D eigenvalue weighted by Crippen LogP contribution is 2.77. The van der Waals surface area contributed by atoms with E-state index in [4.69, 9.17) is 74.3 Å². The number of cyclic esters (lactones) is 1. The minimum Gasteiger partial charge on any atom is -0.465 e. The SMILES string of the molecule is O=C1OCC2C1C1(Cl)C(Cl)=C(Cl)C2(Cl)C1(Cl)Cl. The van der Waals surface area contributed by atoms with Crippen LogP contribution in [0.15, 0.2) is 10.1 Å². The smallest absolute Gasteiger partial charge is 0.311 e. The molecule has 0 radical (unpaired) electrons. The number of fused-ring (bicyclic) bond motifs is 5. The monoisotopic (exact) mass is 354 g/mol. The van der Waals surface area contributed by atoms with Gasteiger partial charge >= 0.3 is 5.97 Å². The number of hydrogen-bond acceptors (Lipinski definition) is 2. The second-order valence-corrected chi connectivity index (χ2v) is 7.62. The number of carbonyl (C=O) groups is 1. The summed E-state index contributed by atoms with van der Waals surface area (Å²) in [6.45, 7) is 0.0864. The predicted octanol–water partition coefficient (Wildman–Crippen LogP) is 3.62. The maximum atomic E-state index is 11.7. The van der Waals surface area contributed by atoms with Gasteiger partial charge in [-0.15, -0.1) is 23.2 Å². The fourth-order valence-electron chi connectivity index (χ4n) is 2.89. The van der Waals surface area contributed by atoms with Crippen molar-refractivity contribution in [3.05, 3.63) is 10.1 Å². The van der Waals surface area contributed by atoms with E-state index in [9.17, 15) is 4.79 Å². The van der Waals surface area contributed by atoms with Crippen molar-refractivity contribution in [1.29, 1.82) is 0 Å².